The molecule has 0 aliphatic carbocycles. The van der Waals surface area contributed by atoms with Crippen molar-refractivity contribution in [3.63, 3.8) is 0 Å². The topological polar surface area (TPSA) is 35.8 Å². The minimum atomic E-state index is -0.393. The first-order valence-corrected chi connectivity index (χ1v) is 4.32. The van der Waals surface area contributed by atoms with Crippen LogP contribution in [0.5, 0.6) is 0 Å². The maximum Gasteiger partial charge on any atom is 0.124 e. The molecule has 0 amide bonds. The number of benzene rings is 1. The first-order chi connectivity index (χ1) is 6.77. The molecule has 0 aliphatic rings. The zero-order valence-electron chi connectivity index (χ0n) is 7.76. The molecule has 1 rings (SSSR count). The molecule has 0 aliphatic heterocycles. The summed E-state index contributed by atoms with van der Waals surface area (Å²) >= 11 is 0. The molecule has 0 aromatic heterocycles. The van der Waals surface area contributed by atoms with Crippen molar-refractivity contribution in [1.82, 2.24) is 0 Å². The Balaban J connectivity index is 2.76. The molecule has 0 atom stereocenters. The molecule has 1 aromatic rings. The van der Waals surface area contributed by atoms with Gasteiger partial charge in [-0.15, -0.1) is 6.58 Å². The van der Waals surface area contributed by atoms with Crippen LogP contribution in [0.1, 0.15) is 12.0 Å². The van der Waals surface area contributed by atoms with E-state index in [9.17, 15) is 4.39 Å². The van der Waals surface area contributed by atoms with Crippen molar-refractivity contribution in [3.8, 4) is 6.07 Å². The maximum atomic E-state index is 12.7. The van der Waals surface area contributed by atoms with E-state index in [0.717, 1.165) is 6.42 Å². The van der Waals surface area contributed by atoms with Gasteiger partial charge in [0.1, 0.15) is 11.9 Å². The van der Waals surface area contributed by atoms with Crippen molar-refractivity contribution in [1.29, 1.82) is 5.26 Å². The Morgan fingerprint density at radius 3 is 3.00 bits per heavy atom. The van der Waals surface area contributed by atoms with Gasteiger partial charge in [0, 0.05) is 6.54 Å². The third-order valence-electron chi connectivity index (χ3n) is 1.77. The van der Waals surface area contributed by atoms with Crippen LogP contribution in [-0.4, -0.2) is 6.54 Å². The summed E-state index contributed by atoms with van der Waals surface area (Å²) in [7, 11) is 0. The van der Waals surface area contributed by atoms with Gasteiger partial charge in [-0.25, -0.2) is 4.39 Å². The highest BCUT2D eigenvalue weighted by atomic mass is 19.1. The van der Waals surface area contributed by atoms with E-state index in [2.05, 4.69) is 11.9 Å². The maximum absolute atomic E-state index is 12.7. The van der Waals surface area contributed by atoms with Gasteiger partial charge in [-0.1, -0.05) is 6.08 Å². The number of nitrogens with zero attached hydrogens (tertiary/aromatic N) is 1. The molecule has 0 heterocycles. The Morgan fingerprint density at radius 1 is 1.57 bits per heavy atom. The Morgan fingerprint density at radius 2 is 2.36 bits per heavy atom. The van der Waals surface area contributed by atoms with E-state index in [1.54, 1.807) is 12.1 Å². The Labute approximate surface area is 82.7 Å². The molecule has 1 aromatic carbocycles. The van der Waals surface area contributed by atoms with Crippen LogP contribution in [-0.2, 0) is 0 Å². The number of anilines is 1. The molecule has 0 unspecified atom stereocenters. The highest BCUT2D eigenvalue weighted by molar-refractivity contribution is 5.57. The van der Waals surface area contributed by atoms with E-state index < -0.39 is 5.82 Å². The summed E-state index contributed by atoms with van der Waals surface area (Å²) in [5.74, 6) is -0.393. The number of hydrogen-bond acceptors (Lipinski definition) is 2. The fourth-order valence-electron chi connectivity index (χ4n) is 1.07. The molecular formula is C11H11FN2. The molecular weight excluding hydrogens is 179 g/mol. The van der Waals surface area contributed by atoms with Crippen molar-refractivity contribution in [3.05, 3.63) is 42.2 Å². The van der Waals surface area contributed by atoms with Crippen LogP contribution in [0.25, 0.3) is 0 Å². The van der Waals surface area contributed by atoms with Crippen LogP contribution < -0.4 is 5.32 Å². The number of hydrogen-bond donors (Lipinski definition) is 1. The second-order valence-electron chi connectivity index (χ2n) is 2.81. The predicted molar refractivity (Wildman–Crippen MR) is 54.4 cm³/mol. The average molecular weight is 190 g/mol. The zero-order valence-corrected chi connectivity index (χ0v) is 7.76. The Hall–Kier alpha value is -1.82. The molecule has 14 heavy (non-hydrogen) atoms. The summed E-state index contributed by atoms with van der Waals surface area (Å²) in [4.78, 5) is 0. The number of rotatable bonds is 4. The first-order valence-electron chi connectivity index (χ1n) is 4.32. The van der Waals surface area contributed by atoms with E-state index in [0.29, 0.717) is 17.8 Å². The third kappa shape index (κ3) is 2.60. The quantitative estimate of drug-likeness (QED) is 0.585. The van der Waals surface area contributed by atoms with Crippen molar-refractivity contribution < 1.29 is 4.39 Å². The summed E-state index contributed by atoms with van der Waals surface area (Å²) in [6.07, 6.45) is 2.59. The average Bonchev–Trinajstić information content (AvgIpc) is 2.20. The monoisotopic (exact) mass is 190 g/mol. The lowest BCUT2D eigenvalue weighted by Crippen LogP contribution is -2.02. The van der Waals surface area contributed by atoms with Gasteiger partial charge in [0.2, 0.25) is 0 Å². The molecule has 0 radical (unpaired) electrons. The minimum absolute atomic E-state index is 0.328. The Bertz CT molecular complexity index is 366. The fourth-order valence-corrected chi connectivity index (χ4v) is 1.07. The number of nitriles is 1. The summed E-state index contributed by atoms with van der Waals surface area (Å²) < 4.78 is 12.7. The highest BCUT2D eigenvalue weighted by Crippen LogP contribution is 2.15. The Kier molecular flexibility index (Phi) is 3.69. The van der Waals surface area contributed by atoms with Gasteiger partial charge in [0.25, 0.3) is 0 Å². The lowest BCUT2D eigenvalue weighted by molar-refractivity contribution is 0.627. The molecule has 2 nitrogen and oxygen atoms in total. The molecule has 0 spiro atoms. The van der Waals surface area contributed by atoms with E-state index in [4.69, 9.17) is 5.26 Å². The fraction of sp³-hybridized carbons (Fsp3) is 0.182. The van der Waals surface area contributed by atoms with Crippen molar-refractivity contribution in [2.45, 2.75) is 6.42 Å². The van der Waals surface area contributed by atoms with Gasteiger partial charge < -0.3 is 5.32 Å². The van der Waals surface area contributed by atoms with Gasteiger partial charge in [-0.05, 0) is 24.6 Å². The van der Waals surface area contributed by atoms with E-state index in [-0.39, 0.29) is 0 Å². The van der Waals surface area contributed by atoms with E-state index in [1.807, 2.05) is 6.07 Å². The molecule has 0 saturated carbocycles. The van der Waals surface area contributed by atoms with Gasteiger partial charge in [-0.2, -0.15) is 5.26 Å². The van der Waals surface area contributed by atoms with Crippen LogP contribution in [0.3, 0.4) is 0 Å². The van der Waals surface area contributed by atoms with Gasteiger partial charge in [-0.3, -0.25) is 0 Å². The lowest BCUT2D eigenvalue weighted by atomic mass is 10.2. The standard InChI is InChI=1S/C11H11FN2/c1-2-3-6-14-11-5-4-10(12)7-9(11)8-13/h2,4-5,7,14H,1,3,6H2. The summed E-state index contributed by atoms with van der Waals surface area (Å²) in [6, 6.07) is 6.05. The molecule has 0 saturated heterocycles. The molecule has 3 heteroatoms. The van der Waals surface area contributed by atoms with Crippen LogP contribution >= 0.6 is 0 Å². The van der Waals surface area contributed by atoms with Gasteiger partial charge in [0.05, 0.1) is 11.3 Å². The van der Waals surface area contributed by atoms with Crippen LogP contribution in [0.15, 0.2) is 30.9 Å². The summed E-state index contributed by atoms with van der Waals surface area (Å²) in [5, 5.41) is 11.8. The zero-order chi connectivity index (χ0) is 10.4. The van der Waals surface area contributed by atoms with Gasteiger partial charge in [0.15, 0.2) is 0 Å². The number of halogens is 1. The normalized spacial score (nSPS) is 9.14. The molecule has 1 N–H and O–H groups in total. The molecule has 0 fully saturated rings. The predicted octanol–water partition coefficient (Wildman–Crippen LogP) is 2.69. The third-order valence-corrected chi connectivity index (χ3v) is 1.77. The van der Waals surface area contributed by atoms with Crippen LogP contribution in [0.4, 0.5) is 10.1 Å². The molecule has 72 valence electrons. The first kappa shape index (κ1) is 10.3. The highest BCUT2D eigenvalue weighted by Gasteiger charge is 2.01. The van der Waals surface area contributed by atoms with Crippen molar-refractivity contribution >= 4 is 5.69 Å². The summed E-state index contributed by atoms with van der Waals surface area (Å²) in [6.45, 7) is 4.28. The number of nitrogens with one attached hydrogen (secondary N) is 1. The SMILES string of the molecule is C=CCCNc1ccc(F)cc1C#N. The van der Waals surface area contributed by atoms with Gasteiger partial charge >= 0.3 is 0 Å². The van der Waals surface area contributed by atoms with Crippen molar-refractivity contribution in [2.75, 3.05) is 11.9 Å². The van der Waals surface area contributed by atoms with Crippen LogP contribution in [0, 0.1) is 17.1 Å². The second-order valence-corrected chi connectivity index (χ2v) is 2.81. The van der Waals surface area contributed by atoms with E-state index in [1.165, 1.54) is 12.1 Å². The minimum Gasteiger partial charge on any atom is -0.384 e. The second kappa shape index (κ2) is 5.03. The molecule has 0 bridgehead atoms. The summed E-state index contributed by atoms with van der Waals surface area (Å²) in [5.41, 5.74) is 0.991. The lowest BCUT2D eigenvalue weighted by Gasteiger charge is -2.06. The van der Waals surface area contributed by atoms with Crippen molar-refractivity contribution in [2.24, 2.45) is 0 Å². The smallest absolute Gasteiger partial charge is 0.124 e. The largest absolute Gasteiger partial charge is 0.384 e. The van der Waals surface area contributed by atoms with E-state index >= 15 is 0 Å². The van der Waals surface area contributed by atoms with Crippen LogP contribution in [0.2, 0.25) is 0 Å².